The molecule has 1 aromatic rings. The van der Waals surface area contributed by atoms with Crippen LogP contribution in [0.1, 0.15) is 15.9 Å². The van der Waals surface area contributed by atoms with E-state index in [-0.39, 0.29) is 11.3 Å². The fraction of sp³-hybridized carbons (Fsp3) is 0.111. The predicted octanol–water partition coefficient (Wildman–Crippen LogP) is 1.18. The highest BCUT2D eigenvalue weighted by Crippen LogP contribution is 2.19. The van der Waals surface area contributed by atoms with Crippen molar-refractivity contribution in [3.05, 3.63) is 29.3 Å². The lowest BCUT2D eigenvalue weighted by Gasteiger charge is -2.08. The number of urea groups is 1. The molecule has 14 heavy (non-hydrogen) atoms. The van der Waals surface area contributed by atoms with Crippen molar-refractivity contribution in [2.75, 3.05) is 5.32 Å². The Kier molecular flexibility index (Phi) is 2.71. The molecule has 0 saturated carbocycles. The van der Waals surface area contributed by atoms with E-state index in [1.165, 1.54) is 6.07 Å². The summed E-state index contributed by atoms with van der Waals surface area (Å²) in [5.41, 5.74) is 5.85. The highest BCUT2D eigenvalue weighted by molar-refractivity contribution is 6.00. The molecule has 0 atom stereocenters. The lowest BCUT2D eigenvalue weighted by molar-refractivity contribution is 0.0698. The molecule has 0 aromatic heterocycles. The maximum absolute atomic E-state index is 10.8. The summed E-state index contributed by atoms with van der Waals surface area (Å²) in [7, 11) is 0. The summed E-state index contributed by atoms with van der Waals surface area (Å²) >= 11 is 0. The van der Waals surface area contributed by atoms with Gasteiger partial charge in [0.2, 0.25) is 0 Å². The number of rotatable bonds is 2. The standard InChI is InChI=1S/C9H10N2O3/c1-5-3-2-4-6(8(12)13)7(5)11-9(10)14/h2-4H,1H3,(H,12,13)(H3,10,11,14). The summed E-state index contributed by atoms with van der Waals surface area (Å²) in [6, 6.07) is 3.92. The van der Waals surface area contributed by atoms with E-state index < -0.39 is 12.0 Å². The molecular formula is C9H10N2O3. The van der Waals surface area contributed by atoms with Crippen LogP contribution in [0.2, 0.25) is 0 Å². The molecule has 0 fully saturated rings. The number of carboxylic acid groups (broad SMARTS) is 1. The van der Waals surface area contributed by atoms with Gasteiger partial charge in [0.15, 0.2) is 0 Å². The van der Waals surface area contributed by atoms with E-state index in [1.807, 2.05) is 0 Å². The van der Waals surface area contributed by atoms with Gasteiger partial charge in [0.1, 0.15) is 0 Å². The van der Waals surface area contributed by atoms with E-state index in [0.29, 0.717) is 5.56 Å². The Morgan fingerprint density at radius 2 is 2.07 bits per heavy atom. The van der Waals surface area contributed by atoms with Crippen molar-refractivity contribution in [1.29, 1.82) is 0 Å². The topological polar surface area (TPSA) is 92.4 Å². The normalized spacial score (nSPS) is 9.50. The number of nitrogens with one attached hydrogen (secondary N) is 1. The molecule has 1 aromatic carbocycles. The molecule has 0 aliphatic rings. The second-order valence-corrected chi connectivity index (χ2v) is 2.79. The lowest BCUT2D eigenvalue weighted by atomic mass is 10.1. The number of para-hydroxylation sites is 1. The van der Waals surface area contributed by atoms with Gasteiger partial charge in [0, 0.05) is 0 Å². The summed E-state index contributed by atoms with van der Waals surface area (Å²) in [6.07, 6.45) is 0. The zero-order valence-electron chi connectivity index (χ0n) is 7.57. The van der Waals surface area contributed by atoms with Gasteiger partial charge in [0.05, 0.1) is 11.3 Å². The number of anilines is 1. The fourth-order valence-corrected chi connectivity index (χ4v) is 1.14. The number of benzene rings is 1. The Labute approximate surface area is 80.5 Å². The second kappa shape index (κ2) is 3.78. The minimum absolute atomic E-state index is 0.0313. The number of carbonyl (C=O) groups excluding carboxylic acids is 1. The highest BCUT2D eigenvalue weighted by atomic mass is 16.4. The fourth-order valence-electron chi connectivity index (χ4n) is 1.14. The summed E-state index contributed by atoms with van der Waals surface area (Å²) in [5, 5.41) is 11.1. The zero-order valence-corrected chi connectivity index (χ0v) is 7.57. The Bertz CT molecular complexity index is 388. The molecule has 1 rings (SSSR count). The smallest absolute Gasteiger partial charge is 0.337 e. The van der Waals surface area contributed by atoms with Crippen LogP contribution in [0.5, 0.6) is 0 Å². The molecule has 74 valence electrons. The van der Waals surface area contributed by atoms with Crippen LogP contribution in [0.25, 0.3) is 0 Å². The largest absolute Gasteiger partial charge is 0.478 e. The molecule has 4 N–H and O–H groups in total. The van der Waals surface area contributed by atoms with Crippen molar-refractivity contribution in [3.8, 4) is 0 Å². The number of carboxylic acids is 1. The van der Waals surface area contributed by atoms with Gasteiger partial charge in [-0.05, 0) is 18.6 Å². The third-order valence-corrected chi connectivity index (χ3v) is 1.75. The predicted molar refractivity (Wildman–Crippen MR) is 51.3 cm³/mol. The first kappa shape index (κ1) is 10.0. The monoisotopic (exact) mass is 194 g/mol. The van der Waals surface area contributed by atoms with Crippen LogP contribution in [0, 0.1) is 6.92 Å². The van der Waals surface area contributed by atoms with E-state index >= 15 is 0 Å². The zero-order chi connectivity index (χ0) is 10.7. The SMILES string of the molecule is Cc1cccc(C(=O)O)c1NC(N)=O. The van der Waals surface area contributed by atoms with E-state index in [2.05, 4.69) is 5.32 Å². The number of amides is 2. The molecule has 0 bridgehead atoms. The summed E-state index contributed by atoms with van der Waals surface area (Å²) < 4.78 is 0. The van der Waals surface area contributed by atoms with Gasteiger partial charge in [-0.25, -0.2) is 9.59 Å². The Balaban J connectivity index is 3.22. The third kappa shape index (κ3) is 2.01. The van der Waals surface area contributed by atoms with Gasteiger partial charge in [-0.2, -0.15) is 0 Å². The number of carbonyl (C=O) groups is 2. The molecule has 0 spiro atoms. The Morgan fingerprint density at radius 3 is 2.57 bits per heavy atom. The van der Waals surface area contributed by atoms with Gasteiger partial charge in [-0.3, -0.25) is 0 Å². The van der Waals surface area contributed by atoms with Crippen LogP contribution < -0.4 is 11.1 Å². The van der Waals surface area contributed by atoms with E-state index in [9.17, 15) is 9.59 Å². The molecule has 0 heterocycles. The van der Waals surface area contributed by atoms with E-state index in [1.54, 1.807) is 19.1 Å². The van der Waals surface area contributed by atoms with Crippen LogP contribution in [0.3, 0.4) is 0 Å². The van der Waals surface area contributed by atoms with Crippen molar-refractivity contribution in [1.82, 2.24) is 0 Å². The molecule has 0 saturated heterocycles. The molecular weight excluding hydrogens is 184 g/mol. The Morgan fingerprint density at radius 1 is 1.43 bits per heavy atom. The number of nitrogens with two attached hydrogens (primary N) is 1. The van der Waals surface area contributed by atoms with Crippen molar-refractivity contribution >= 4 is 17.7 Å². The number of aromatic carboxylic acids is 1. The molecule has 0 aliphatic carbocycles. The van der Waals surface area contributed by atoms with Crippen molar-refractivity contribution in [3.63, 3.8) is 0 Å². The molecule has 0 radical (unpaired) electrons. The first-order chi connectivity index (χ1) is 6.52. The van der Waals surface area contributed by atoms with Gasteiger partial charge in [0.25, 0.3) is 0 Å². The van der Waals surface area contributed by atoms with Crippen LogP contribution in [0.4, 0.5) is 10.5 Å². The van der Waals surface area contributed by atoms with Gasteiger partial charge >= 0.3 is 12.0 Å². The number of hydrogen-bond donors (Lipinski definition) is 3. The Hall–Kier alpha value is -2.04. The highest BCUT2D eigenvalue weighted by Gasteiger charge is 2.12. The molecule has 2 amide bonds. The minimum atomic E-state index is -1.10. The van der Waals surface area contributed by atoms with Gasteiger partial charge in [-0.1, -0.05) is 12.1 Å². The van der Waals surface area contributed by atoms with E-state index in [4.69, 9.17) is 10.8 Å². The quantitative estimate of drug-likeness (QED) is 0.660. The maximum atomic E-state index is 10.8. The molecule has 5 heteroatoms. The lowest BCUT2D eigenvalue weighted by Crippen LogP contribution is -2.21. The summed E-state index contributed by atoms with van der Waals surface area (Å²) in [4.78, 5) is 21.4. The van der Waals surface area contributed by atoms with E-state index in [0.717, 1.165) is 0 Å². The maximum Gasteiger partial charge on any atom is 0.337 e. The number of aryl methyl sites for hydroxylation is 1. The number of hydrogen-bond acceptors (Lipinski definition) is 2. The van der Waals surface area contributed by atoms with Crippen LogP contribution in [0.15, 0.2) is 18.2 Å². The molecule has 0 unspecified atom stereocenters. The molecule has 5 nitrogen and oxygen atoms in total. The number of primary amides is 1. The van der Waals surface area contributed by atoms with Crippen molar-refractivity contribution < 1.29 is 14.7 Å². The van der Waals surface area contributed by atoms with Crippen LogP contribution in [-0.2, 0) is 0 Å². The van der Waals surface area contributed by atoms with Crippen LogP contribution >= 0.6 is 0 Å². The van der Waals surface area contributed by atoms with Crippen molar-refractivity contribution in [2.24, 2.45) is 5.73 Å². The van der Waals surface area contributed by atoms with Gasteiger partial charge < -0.3 is 16.2 Å². The second-order valence-electron chi connectivity index (χ2n) is 2.79. The average molecular weight is 194 g/mol. The minimum Gasteiger partial charge on any atom is -0.478 e. The van der Waals surface area contributed by atoms with Gasteiger partial charge in [-0.15, -0.1) is 0 Å². The first-order valence-electron chi connectivity index (χ1n) is 3.91. The molecule has 0 aliphatic heterocycles. The summed E-state index contributed by atoms with van der Waals surface area (Å²) in [6.45, 7) is 1.69. The summed E-state index contributed by atoms with van der Waals surface area (Å²) in [5.74, 6) is -1.10. The third-order valence-electron chi connectivity index (χ3n) is 1.75. The first-order valence-corrected chi connectivity index (χ1v) is 3.91. The van der Waals surface area contributed by atoms with Crippen molar-refractivity contribution in [2.45, 2.75) is 6.92 Å². The van der Waals surface area contributed by atoms with Crippen LogP contribution in [-0.4, -0.2) is 17.1 Å². The average Bonchev–Trinajstić information content (AvgIpc) is 2.07.